The molecule has 0 unspecified atom stereocenters. The first-order chi connectivity index (χ1) is 10.3. The van der Waals surface area contributed by atoms with Crippen LogP contribution < -0.4 is 16.4 Å². The van der Waals surface area contributed by atoms with E-state index in [9.17, 15) is 0 Å². The van der Waals surface area contributed by atoms with E-state index < -0.39 is 0 Å². The Morgan fingerprint density at radius 2 is 1.33 bits per heavy atom. The van der Waals surface area contributed by atoms with Crippen molar-refractivity contribution in [1.29, 1.82) is 0 Å². The van der Waals surface area contributed by atoms with Crippen molar-refractivity contribution in [2.75, 3.05) is 16.4 Å². The highest BCUT2D eigenvalue weighted by molar-refractivity contribution is 5.79. The van der Waals surface area contributed by atoms with Gasteiger partial charge in [-0.1, -0.05) is 0 Å². The highest BCUT2D eigenvalue weighted by atomic mass is 15.1. The molecule has 0 aliphatic carbocycles. The number of nitrogens with two attached hydrogens (primary N) is 1. The Balaban J connectivity index is 1.85. The van der Waals surface area contributed by atoms with E-state index in [1.807, 2.05) is 24.3 Å². The number of nitrogens with one attached hydrogen (secondary N) is 2. The zero-order valence-corrected chi connectivity index (χ0v) is 11.1. The maximum Gasteiger partial charge on any atom is 0.159 e. The van der Waals surface area contributed by atoms with Crippen LogP contribution in [0.2, 0.25) is 0 Å². The van der Waals surface area contributed by atoms with Crippen LogP contribution in [0.15, 0.2) is 55.4 Å². The Morgan fingerprint density at radius 1 is 0.810 bits per heavy atom. The van der Waals surface area contributed by atoms with E-state index >= 15 is 0 Å². The van der Waals surface area contributed by atoms with Crippen LogP contribution in [0, 0.1) is 0 Å². The molecule has 7 nitrogen and oxygen atoms in total. The lowest BCUT2D eigenvalue weighted by molar-refractivity contribution is 1.16. The first-order valence-electron chi connectivity index (χ1n) is 6.27. The van der Waals surface area contributed by atoms with Gasteiger partial charge in [-0.25, -0.2) is 9.97 Å². The minimum atomic E-state index is 0.421. The van der Waals surface area contributed by atoms with Crippen molar-refractivity contribution in [2.24, 2.45) is 0 Å². The van der Waals surface area contributed by atoms with Gasteiger partial charge in [0.15, 0.2) is 11.6 Å². The molecule has 0 saturated carbocycles. The molecule has 3 aromatic heterocycles. The predicted molar refractivity (Wildman–Crippen MR) is 81.5 cm³/mol. The van der Waals surface area contributed by atoms with E-state index in [4.69, 9.17) is 5.73 Å². The number of nitrogen functional groups attached to an aromatic ring is 1. The van der Waals surface area contributed by atoms with Gasteiger partial charge in [0.05, 0.1) is 23.8 Å². The first-order valence-corrected chi connectivity index (χ1v) is 6.27. The van der Waals surface area contributed by atoms with Gasteiger partial charge in [0, 0.05) is 12.4 Å². The van der Waals surface area contributed by atoms with Gasteiger partial charge in [-0.05, 0) is 24.3 Å². The van der Waals surface area contributed by atoms with Crippen molar-refractivity contribution in [3.05, 3.63) is 55.4 Å². The third-order valence-electron chi connectivity index (χ3n) is 2.73. The number of aromatic nitrogens is 4. The number of nitrogens with zero attached hydrogens (tertiary/aromatic N) is 4. The summed E-state index contributed by atoms with van der Waals surface area (Å²) in [4.78, 5) is 16.4. The van der Waals surface area contributed by atoms with Crippen LogP contribution in [-0.4, -0.2) is 19.9 Å². The molecule has 0 spiro atoms. The Labute approximate surface area is 121 Å². The summed E-state index contributed by atoms with van der Waals surface area (Å²) in [6.07, 6.45) is 8.22. The van der Waals surface area contributed by atoms with Crippen LogP contribution >= 0.6 is 0 Å². The summed E-state index contributed by atoms with van der Waals surface area (Å²) < 4.78 is 0. The van der Waals surface area contributed by atoms with Crippen LogP contribution in [-0.2, 0) is 0 Å². The molecule has 0 aliphatic heterocycles. The van der Waals surface area contributed by atoms with Crippen LogP contribution in [0.3, 0.4) is 0 Å². The van der Waals surface area contributed by atoms with Crippen LogP contribution in [0.5, 0.6) is 0 Å². The molecule has 7 heteroatoms. The third-order valence-corrected chi connectivity index (χ3v) is 2.73. The first kappa shape index (κ1) is 12.8. The third kappa shape index (κ3) is 3.03. The molecule has 21 heavy (non-hydrogen) atoms. The summed E-state index contributed by atoms with van der Waals surface area (Å²) in [5.74, 6) is 1.04. The van der Waals surface area contributed by atoms with Crippen molar-refractivity contribution in [3.63, 3.8) is 0 Å². The second-order valence-electron chi connectivity index (χ2n) is 4.22. The lowest BCUT2D eigenvalue weighted by Gasteiger charge is -2.12. The second kappa shape index (κ2) is 5.83. The monoisotopic (exact) mass is 279 g/mol. The largest absolute Gasteiger partial charge is 0.393 e. The Hall–Kier alpha value is -3.22. The smallest absolute Gasteiger partial charge is 0.159 e. The standard InChI is InChI=1S/C14H13N7/c15-12-13(20-10-3-1-5-16-7-10)18-9-19-14(12)21-11-4-2-6-17-8-11/h1-9H,15H2,(H2,18,19,20,21). The summed E-state index contributed by atoms with van der Waals surface area (Å²) >= 11 is 0. The zero-order valence-electron chi connectivity index (χ0n) is 11.1. The highest BCUT2D eigenvalue weighted by Crippen LogP contribution is 2.27. The minimum absolute atomic E-state index is 0.421. The fourth-order valence-corrected chi connectivity index (χ4v) is 1.74. The van der Waals surface area contributed by atoms with Gasteiger partial charge in [0.25, 0.3) is 0 Å². The molecule has 104 valence electrons. The predicted octanol–water partition coefficient (Wildman–Crippen LogP) is 2.34. The molecule has 4 N–H and O–H groups in total. The van der Waals surface area contributed by atoms with Crippen molar-refractivity contribution >= 4 is 28.7 Å². The molecule has 3 rings (SSSR count). The van der Waals surface area contributed by atoms with Gasteiger partial charge >= 0.3 is 0 Å². The van der Waals surface area contributed by atoms with Gasteiger partial charge < -0.3 is 16.4 Å². The maximum absolute atomic E-state index is 6.09. The number of hydrogen-bond donors (Lipinski definition) is 3. The fraction of sp³-hybridized carbons (Fsp3) is 0. The topological polar surface area (TPSA) is 102 Å². The molecule has 0 atom stereocenters. The van der Waals surface area contributed by atoms with Gasteiger partial charge in [0.1, 0.15) is 12.0 Å². The zero-order chi connectivity index (χ0) is 14.5. The van der Waals surface area contributed by atoms with Crippen molar-refractivity contribution in [2.45, 2.75) is 0 Å². The number of hydrogen-bond acceptors (Lipinski definition) is 7. The minimum Gasteiger partial charge on any atom is -0.393 e. The van der Waals surface area contributed by atoms with Crippen LogP contribution in [0.4, 0.5) is 28.7 Å². The summed E-state index contributed by atoms with van der Waals surface area (Å²) in [5.41, 5.74) is 8.11. The molecule has 0 fully saturated rings. The average Bonchev–Trinajstić information content (AvgIpc) is 2.53. The van der Waals surface area contributed by atoms with E-state index in [-0.39, 0.29) is 0 Å². The molecule has 0 aromatic carbocycles. The van der Waals surface area contributed by atoms with Crippen molar-refractivity contribution < 1.29 is 0 Å². The number of anilines is 5. The second-order valence-corrected chi connectivity index (χ2v) is 4.22. The lowest BCUT2D eigenvalue weighted by Crippen LogP contribution is -2.05. The molecule has 0 radical (unpaired) electrons. The molecule has 0 bridgehead atoms. The van der Waals surface area contributed by atoms with E-state index in [2.05, 4.69) is 30.6 Å². The van der Waals surface area contributed by atoms with Gasteiger partial charge in [-0.15, -0.1) is 0 Å². The summed E-state index contributed by atoms with van der Waals surface area (Å²) in [5, 5.41) is 6.21. The van der Waals surface area contributed by atoms with Gasteiger partial charge in [-0.3, -0.25) is 9.97 Å². The van der Waals surface area contributed by atoms with Crippen molar-refractivity contribution in [3.8, 4) is 0 Å². The van der Waals surface area contributed by atoms with E-state index in [1.54, 1.807) is 24.8 Å². The van der Waals surface area contributed by atoms with E-state index in [0.29, 0.717) is 17.3 Å². The number of rotatable bonds is 4. The Morgan fingerprint density at radius 3 is 1.76 bits per heavy atom. The molecule has 0 saturated heterocycles. The van der Waals surface area contributed by atoms with E-state index in [0.717, 1.165) is 11.4 Å². The Kier molecular flexibility index (Phi) is 3.55. The normalized spacial score (nSPS) is 10.1. The molecule has 3 aromatic rings. The van der Waals surface area contributed by atoms with Crippen molar-refractivity contribution in [1.82, 2.24) is 19.9 Å². The van der Waals surface area contributed by atoms with Crippen LogP contribution in [0.25, 0.3) is 0 Å². The molecule has 0 aliphatic rings. The Bertz CT molecular complexity index is 656. The van der Waals surface area contributed by atoms with Crippen LogP contribution in [0.1, 0.15) is 0 Å². The fourth-order valence-electron chi connectivity index (χ4n) is 1.74. The highest BCUT2D eigenvalue weighted by Gasteiger charge is 2.08. The quantitative estimate of drug-likeness (QED) is 0.673. The summed E-state index contributed by atoms with van der Waals surface area (Å²) in [7, 11) is 0. The SMILES string of the molecule is Nc1c(Nc2cccnc2)ncnc1Nc1cccnc1. The molecule has 0 amide bonds. The summed E-state index contributed by atoms with van der Waals surface area (Å²) in [6, 6.07) is 7.41. The molecule has 3 heterocycles. The molecular weight excluding hydrogens is 266 g/mol. The number of pyridine rings is 2. The molecular formula is C14H13N7. The van der Waals surface area contributed by atoms with Gasteiger partial charge in [-0.2, -0.15) is 0 Å². The lowest BCUT2D eigenvalue weighted by atomic mass is 10.3. The van der Waals surface area contributed by atoms with Gasteiger partial charge in [0.2, 0.25) is 0 Å². The summed E-state index contributed by atoms with van der Waals surface area (Å²) in [6.45, 7) is 0. The average molecular weight is 279 g/mol. The maximum atomic E-state index is 6.09. The van der Waals surface area contributed by atoms with E-state index in [1.165, 1.54) is 6.33 Å².